The normalized spacial score (nSPS) is 11.0. The number of pyridine rings is 1. The van der Waals surface area contributed by atoms with E-state index in [-0.39, 0.29) is 17.8 Å². The molecule has 0 radical (unpaired) electrons. The van der Waals surface area contributed by atoms with Crippen molar-refractivity contribution >= 4 is 29.8 Å². The minimum absolute atomic E-state index is 0.0387. The van der Waals surface area contributed by atoms with E-state index < -0.39 is 0 Å². The molecule has 0 aliphatic heterocycles. The minimum atomic E-state index is -0.340. The number of hydrogen-bond donors (Lipinski definition) is 1. The van der Waals surface area contributed by atoms with E-state index in [1.807, 2.05) is 61.5 Å². The third-order valence-electron chi connectivity index (χ3n) is 5.65. The summed E-state index contributed by atoms with van der Waals surface area (Å²) < 4.78 is 12.9. The Morgan fingerprint density at radius 1 is 0.973 bits per heavy atom. The van der Waals surface area contributed by atoms with Gasteiger partial charge >= 0.3 is 0 Å². The van der Waals surface area contributed by atoms with E-state index >= 15 is 0 Å². The van der Waals surface area contributed by atoms with E-state index in [4.69, 9.17) is 0 Å². The molecule has 4 aromatic rings. The van der Waals surface area contributed by atoms with Crippen LogP contribution in [-0.2, 0) is 17.0 Å². The van der Waals surface area contributed by atoms with Gasteiger partial charge in [-0.05, 0) is 79.1 Å². The zero-order chi connectivity index (χ0) is 26.5. The number of rotatable bonds is 9. The lowest BCUT2D eigenvalue weighted by Crippen LogP contribution is -2.36. The van der Waals surface area contributed by atoms with Crippen LogP contribution >= 0.6 is 11.8 Å². The van der Waals surface area contributed by atoms with Gasteiger partial charge < -0.3 is 10.2 Å². The molecule has 1 unspecified atom stereocenters. The number of nitrogens with zero attached hydrogens (tertiary/aromatic N) is 2. The predicted octanol–water partition coefficient (Wildman–Crippen LogP) is 6.47. The second-order valence-electron chi connectivity index (χ2n) is 8.40. The van der Waals surface area contributed by atoms with Crippen molar-refractivity contribution in [2.24, 2.45) is 0 Å². The van der Waals surface area contributed by atoms with Crippen molar-refractivity contribution in [3.05, 3.63) is 126 Å². The van der Waals surface area contributed by atoms with Crippen molar-refractivity contribution in [1.82, 2.24) is 9.88 Å². The molecule has 0 aliphatic rings. The van der Waals surface area contributed by atoms with Gasteiger partial charge in [0.2, 0.25) is 6.41 Å². The summed E-state index contributed by atoms with van der Waals surface area (Å²) in [4.78, 5) is 29.5. The molecule has 5 nitrogen and oxygen atoms in total. The number of anilines is 1. The average molecular weight is 516 g/mol. The zero-order valence-electron chi connectivity index (χ0n) is 20.9. The van der Waals surface area contributed by atoms with Crippen LogP contribution in [0.5, 0.6) is 0 Å². The Labute approximate surface area is 221 Å². The van der Waals surface area contributed by atoms with Crippen molar-refractivity contribution in [3.63, 3.8) is 0 Å². The summed E-state index contributed by atoms with van der Waals surface area (Å²) in [5.41, 5.74) is 3.71. The second-order valence-corrected chi connectivity index (χ2v) is 9.45. The smallest absolute Gasteiger partial charge is 0.253 e. The van der Waals surface area contributed by atoms with E-state index in [1.165, 1.54) is 34.7 Å². The number of likely N-dealkylation sites (N-methyl/N-ethyl adjacent to an activating group) is 1. The Morgan fingerprint density at radius 3 is 2.27 bits per heavy atom. The molecule has 0 fully saturated rings. The molecule has 7 heteroatoms. The van der Waals surface area contributed by atoms with Crippen LogP contribution in [0.15, 0.2) is 108 Å². The van der Waals surface area contributed by atoms with Crippen LogP contribution in [0.2, 0.25) is 0 Å². The Morgan fingerprint density at radius 2 is 1.65 bits per heavy atom. The number of thioether (sulfide) groups is 1. The summed E-state index contributed by atoms with van der Waals surface area (Å²) in [6.45, 7) is 1.98. The molecule has 0 bridgehead atoms. The van der Waals surface area contributed by atoms with Crippen LogP contribution in [0, 0.1) is 5.82 Å². The van der Waals surface area contributed by atoms with Crippen LogP contribution in [0.1, 0.15) is 28.4 Å². The number of nitrogens with one attached hydrogen (secondary N) is 1. The predicted molar refractivity (Wildman–Crippen MR) is 148 cm³/mol. The van der Waals surface area contributed by atoms with Gasteiger partial charge in [-0.2, -0.15) is 0 Å². The molecule has 1 atom stereocenters. The maximum atomic E-state index is 12.9. The first kappa shape index (κ1) is 27.6. The summed E-state index contributed by atoms with van der Waals surface area (Å²) in [7, 11) is 1.76. The molecule has 190 valence electrons. The number of carbonyl (C=O) groups is 2. The van der Waals surface area contributed by atoms with Gasteiger partial charge in [-0.15, -0.1) is 11.8 Å². The van der Waals surface area contributed by atoms with E-state index in [0.29, 0.717) is 12.0 Å². The first-order valence-corrected chi connectivity index (χ1v) is 12.8. The van der Waals surface area contributed by atoms with Gasteiger partial charge in [0, 0.05) is 47.4 Å². The highest BCUT2D eigenvalue weighted by Gasteiger charge is 2.17. The van der Waals surface area contributed by atoms with Gasteiger partial charge in [0.05, 0.1) is 0 Å². The SMILES string of the molecule is CC(Cc1cccnc1)N(C)C(=O)c1ccc(F)cc1.O=CNc1ccc(SCc2ccccc2)cc1. The van der Waals surface area contributed by atoms with E-state index in [2.05, 4.69) is 22.4 Å². The van der Waals surface area contributed by atoms with E-state index in [0.717, 1.165) is 23.4 Å². The molecule has 0 saturated carbocycles. The van der Waals surface area contributed by atoms with Crippen molar-refractivity contribution in [2.75, 3.05) is 12.4 Å². The number of hydrogen-bond acceptors (Lipinski definition) is 4. The minimum Gasteiger partial charge on any atom is -0.339 e. The lowest BCUT2D eigenvalue weighted by Gasteiger charge is -2.25. The molecule has 4 rings (SSSR count). The summed E-state index contributed by atoms with van der Waals surface area (Å²) in [6, 6.07) is 27.7. The molecule has 0 saturated heterocycles. The zero-order valence-corrected chi connectivity index (χ0v) is 21.7. The van der Waals surface area contributed by atoms with Gasteiger partial charge in [0.15, 0.2) is 0 Å². The van der Waals surface area contributed by atoms with Gasteiger partial charge in [-0.3, -0.25) is 14.6 Å². The lowest BCUT2D eigenvalue weighted by molar-refractivity contribution is -0.105. The van der Waals surface area contributed by atoms with Gasteiger partial charge in [0.25, 0.3) is 5.91 Å². The third kappa shape index (κ3) is 9.20. The summed E-state index contributed by atoms with van der Waals surface area (Å²) >= 11 is 1.78. The number of halogens is 1. The van der Waals surface area contributed by atoms with Gasteiger partial charge in [0.1, 0.15) is 5.82 Å². The van der Waals surface area contributed by atoms with Crippen molar-refractivity contribution in [3.8, 4) is 0 Å². The number of aromatic nitrogens is 1. The largest absolute Gasteiger partial charge is 0.339 e. The van der Waals surface area contributed by atoms with E-state index in [9.17, 15) is 14.0 Å². The summed E-state index contributed by atoms with van der Waals surface area (Å²) in [6.07, 6.45) is 4.94. The second kappa shape index (κ2) is 14.6. The Kier molecular flexibility index (Phi) is 10.9. The maximum Gasteiger partial charge on any atom is 0.253 e. The quantitative estimate of drug-likeness (QED) is 0.205. The number of benzene rings is 3. The van der Waals surface area contributed by atoms with Crippen molar-refractivity contribution in [2.45, 2.75) is 30.0 Å². The Hall–Kier alpha value is -3.97. The third-order valence-corrected chi connectivity index (χ3v) is 6.74. The summed E-state index contributed by atoms with van der Waals surface area (Å²) in [5, 5.41) is 2.62. The maximum absolute atomic E-state index is 12.9. The topological polar surface area (TPSA) is 62.3 Å². The van der Waals surface area contributed by atoms with Gasteiger partial charge in [-0.1, -0.05) is 36.4 Å². The number of amides is 2. The fraction of sp³-hybridized carbons (Fsp3) is 0.167. The first-order chi connectivity index (χ1) is 18.0. The van der Waals surface area contributed by atoms with Crippen LogP contribution in [0.4, 0.5) is 10.1 Å². The van der Waals surface area contributed by atoms with Crippen LogP contribution in [-0.4, -0.2) is 35.3 Å². The molecule has 37 heavy (non-hydrogen) atoms. The summed E-state index contributed by atoms with van der Waals surface area (Å²) in [5.74, 6) is 0.510. The molecule has 1 aromatic heterocycles. The monoisotopic (exact) mass is 515 g/mol. The lowest BCUT2D eigenvalue weighted by atomic mass is 10.1. The standard InChI is InChI=1S/C16H17FN2O.C14H13NOS/c1-12(10-13-4-3-9-18-11-13)19(2)16(20)14-5-7-15(17)8-6-14;16-11-15-13-6-8-14(9-7-13)17-10-12-4-2-1-3-5-12/h3-9,11-12H,10H2,1-2H3;1-9,11H,10H2,(H,15,16). The van der Waals surface area contributed by atoms with Crippen LogP contribution in [0.3, 0.4) is 0 Å². The molecule has 3 aromatic carbocycles. The molecule has 0 spiro atoms. The van der Waals surface area contributed by atoms with E-state index in [1.54, 1.807) is 36.1 Å². The highest BCUT2D eigenvalue weighted by Crippen LogP contribution is 2.24. The van der Waals surface area contributed by atoms with Crippen LogP contribution in [0.25, 0.3) is 0 Å². The Balaban J connectivity index is 0.000000208. The molecule has 2 amide bonds. The molecule has 0 aliphatic carbocycles. The fourth-order valence-corrected chi connectivity index (χ4v) is 4.30. The molecule has 1 N–H and O–H groups in total. The van der Waals surface area contributed by atoms with Crippen molar-refractivity contribution in [1.29, 1.82) is 0 Å². The fourth-order valence-electron chi connectivity index (χ4n) is 3.45. The highest BCUT2D eigenvalue weighted by molar-refractivity contribution is 7.98. The highest BCUT2D eigenvalue weighted by atomic mass is 32.2. The molecule has 1 heterocycles. The average Bonchev–Trinajstić information content (AvgIpc) is 2.94. The molecular weight excluding hydrogens is 485 g/mol. The molecular formula is C30H30FN3O2S. The Bertz CT molecular complexity index is 1240. The van der Waals surface area contributed by atoms with Gasteiger partial charge in [-0.25, -0.2) is 4.39 Å². The van der Waals surface area contributed by atoms with Crippen LogP contribution < -0.4 is 5.32 Å². The first-order valence-electron chi connectivity index (χ1n) is 11.8. The van der Waals surface area contributed by atoms with Crippen molar-refractivity contribution < 1.29 is 14.0 Å². The number of carbonyl (C=O) groups excluding carboxylic acids is 2.